The minimum absolute atomic E-state index is 0.00553. The third-order valence-corrected chi connectivity index (χ3v) is 3.41. The van der Waals surface area contributed by atoms with E-state index in [1.165, 1.54) is 37.4 Å². The van der Waals surface area contributed by atoms with Crippen LogP contribution < -0.4 is 4.74 Å². The number of hydrogen-bond donors (Lipinski definition) is 0. The van der Waals surface area contributed by atoms with Crippen molar-refractivity contribution in [3.05, 3.63) is 64.2 Å². The molecule has 0 radical (unpaired) electrons. The van der Waals surface area contributed by atoms with Crippen LogP contribution in [0.1, 0.15) is 11.1 Å². The molecule has 0 bridgehead atoms. The molecule has 0 heterocycles. The van der Waals surface area contributed by atoms with Crippen LogP contribution in [0.3, 0.4) is 0 Å². The van der Waals surface area contributed by atoms with Crippen molar-refractivity contribution in [1.29, 1.82) is 0 Å². The van der Waals surface area contributed by atoms with Gasteiger partial charge in [0.25, 0.3) is 0 Å². The van der Waals surface area contributed by atoms with Crippen LogP contribution >= 0.6 is 11.6 Å². The highest BCUT2D eigenvalue weighted by Crippen LogP contribution is 2.21. The van der Waals surface area contributed by atoms with Crippen molar-refractivity contribution in [1.82, 2.24) is 0 Å². The van der Waals surface area contributed by atoms with E-state index >= 15 is 0 Å². The maximum absolute atomic E-state index is 13.6. The molecular formula is C16H13ClF2O2. The van der Waals surface area contributed by atoms with Crippen LogP contribution in [0.2, 0.25) is 5.02 Å². The van der Waals surface area contributed by atoms with E-state index in [4.69, 9.17) is 16.3 Å². The highest BCUT2D eigenvalue weighted by molar-refractivity contribution is 6.31. The SMILES string of the molecule is COc1ccc(CC(=O)Cc2c(F)cccc2Cl)cc1F. The number of ether oxygens (including phenoxy) is 1. The largest absolute Gasteiger partial charge is 0.494 e. The van der Waals surface area contributed by atoms with Crippen LogP contribution in [0.25, 0.3) is 0 Å². The summed E-state index contributed by atoms with van der Waals surface area (Å²) in [5, 5.41) is 0.212. The molecule has 21 heavy (non-hydrogen) atoms. The van der Waals surface area contributed by atoms with Crippen LogP contribution in [-0.2, 0) is 17.6 Å². The predicted octanol–water partition coefficient (Wildman–Crippen LogP) is 3.98. The Morgan fingerprint density at radius 1 is 1.14 bits per heavy atom. The zero-order valence-corrected chi connectivity index (χ0v) is 12.1. The molecule has 0 aliphatic heterocycles. The zero-order valence-electron chi connectivity index (χ0n) is 11.3. The lowest BCUT2D eigenvalue weighted by atomic mass is 10.0. The number of benzene rings is 2. The Morgan fingerprint density at radius 2 is 1.90 bits per heavy atom. The fourth-order valence-electron chi connectivity index (χ4n) is 2.01. The van der Waals surface area contributed by atoms with Gasteiger partial charge in [-0.05, 0) is 29.8 Å². The van der Waals surface area contributed by atoms with E-state index in [9.17, 15) is 13.6 Å². The number of carbonyl (C=O) groups excluding carboxylic acids is 1. The summed E-state index contributed by atoms with van der Waals surface area (Å²) in [7, 11) is 1.36. The van der Waals surface area contributed by atoms with Gasteiger partial charge < -0.3 is 4.74 Å². The summed E-state index contributed by atoms with van der Waals surface area (Å²) in [6.07, 6.45) is -0.120. The van der Waals surface area contributed by atoms with Gasteiger partial charge in [-0.25, -0.2) is 8.78 Å². The summed E-state index contributed by atoms with van der Waals surface area (Å²) in [5.74, 6) is -1.18. The van der Waals surface area contributed by atoms with Crippen LogP contribution in [0.4, 0.5) is 8.78 Å². The summed E-state index contributed by atoms with van der Waals surface area (Å²) in [4.78, 5) is 12.0. The molecule has 0 saturated carbocycles. The molecule has 0 N–H and O–H groups in total. The van der Waals surface area contributed by atoms with Crippen LogP contribution in [0, 0.1) is 11.6 Å². The summed E-state index contributed by atoms with van der Waals surface area (Å²) in [6, 6.07) is 8.54. The monoisotopic (exact) mass is 310 g/mol. The summed E-state index contributed by atoms with van der Waals surface area (Å²) < 4.78 is 31.9. The second kappa shape index (κ2) is 6.68. The zero-order chi connectivity index (χ0) is 15.4. The van der Waals surface area contributed by atoms with Crippen molar-refractivity contribution in [2.24, 2.45) is 0 Å². The Kier molecular flexibility index (Phi) is 4.91. The van der Waals surface area contributed by atoms with Gasteiger partial charge in [-0.1, -0.05) is 23.7 Å². The van der Waals surface area contributed by atoms with Gasteiger partial charge in [-0.3, -0.25) is 4.79 Å². The first kappa shape index (κ1) is 15.4. The Hall–Kier alpha value is -1.94. The van der Waals surface area contributed by atoms with Crippen LogP contribution in [-0.4, -0.2) is 12.9 Å². The van der Waals surface area contributed by atoms with E-state index in [1.807, 2.05) is 0 Å². The highest BCUT2D eigenvalue weighted by atomic mass is 35.5. The maximum atomic E-state index is 13.6. The van der Waals surface area contributed by atoms with E-state index in [0.29, 0.717) is 5.56 Å². The molecule has 2 aromatic rings. The Bertz CT molecular complexity index is 651. The summed E-state index contributed by atoms with van der Waals surface area (Å²) in [5.41, 5.74) is 0.670. The lowest BCUT2D eigenvalue weighted by Gasteiger charge is -2.07. The normalized spacial score (nSPS) is 10.5. The van der Waals surface area contributed by atoms with Gasteiger partial charge in [-0.2, -0.15) is 0 Å². The number of ketones is 1. The Labute approximate surface area is 126 Å². The number of carbonyl (C=O) groups is 1. The number of methoxy groups -OCH3 is 1. The Morgan fingerprint density at radius 3 is 2.52 bits per heavy atom. The third-order valence-electron chi connectivity index (χ3n) is 3.05. The first-order chi connectivity index (χ1) is 10.0. The average Bonchev–Trinajstić information content (AvgIpc) is 2.43. The lowest BCUT2D eigenvalue weighted by Crippen LogP contribution is -2.09. The van der Waals surface area contributed by atoms with Gasteiger partial charge in [0.05, 0.1) is 7.11 Å². The van der Waals surface area contributed by atoms with Gasteiger partial charge in [-0.15, -0.1) is 0 Å². The molecule has 0 spiro atoms. The molecule has 110 valence electrons. The van der Waals surface area contributed by atoms with Crippen molar-refractivity contribution in [3.8, 4) is 5.75 Å². The molecule has 0 unspecified atom stereocenters. The Balaban J connectivity index is 2.10. The lowest BCUT2D eigenvalue weighted by molar-refractivity contribution is -0.117. The summed E-state index contributed by atoms with van der Waals surface area (Å²) >= 11 is 5.87. The van der Waals surface area contributed by atoms with Crippen LogP contribution in [0.15, 0.2) is 36.4 Å². The molecule has 2 rings (SSSR count). The van der Waals surface area contributed by atoms with Gasteiger partial charge in [0.1, 0.15) is 11.6 Å². The van der Waals surface area contributed by atoms with E-state index < -0.39 is 11.6 Å². The van der Waals surface area contributed by atoms with E-state index in [1.54, 1.807) is 6.07 Å². The molecule has 0 aliphatic carbocycles. The molecule has 2 aromatic carbocycles. The quantitative estimate of drug-likeness (QED) is 0.835. The number of Topliss-reactive ketones (excluding diaryl/α,β-unsaturated/α-hetero) is 1. The molecular weight excluding hydrogens is 298 g/mol. The second-order valence-electron chi connectivity index (χ2n) is 4.56. The summed E-state index contributed by atoms with van der Waals surface area (Å²) in [6.45, 7) is 0. The minimum atomic E-state index is -0.535. The first-order valence-electron chi connectivity index (χ1n) is 6.28. The number of hydrogen-bond acceptors (Lipinski definition) is 2. The third kappa shape index (κ3) is 3.79. The molecule has 0 atom stereocenters. The topological polar surface area (TPSA) is 26.3 Å². The molecule has 5 heteroatoms. The van der Waals surface area contributed by atoms with Crippen molar-refractivity contribution >= 4 is 17.4 Å². The van der Waals surface area contributed by atoms with E-state index in [0.717, 1.165) is 0 Å². The number of halogens is 3. The van der Waals surface area contributed by atoms with Crippen molar-refractivity contribution in [3.63, 3.8) is 0 Å². The minimum Gasteiger partial charge on any atom is -0.494 e. The fourth-order valence-corrected chi connectivity index (χ4v) is 2.24. The van der Waals surface area contributed by atoms with Gasteiger partial charge >= 0.3 is 0 Å². The second-order valence-corrected chi connectivity index (χ2v) is 4.97. The predicted molar refractivity (Wildman–Crippen MR) is 76.8 cm³/mol. The van der Waals surface area contributed by atoms with Crippen molar-refractivity contribution in [2.75, 3.05) is 7.11 Å². The molecule has 0 fully saturated rings. The molecule has 0 aliphatic rings. The van der Waals surface area contributed by atoms with E-state index in [-0.39, 0.29) is 35.0 Å². The van der Waals surface area contributed by atoms with Crippen LogP contribution in [0.5, 0.6) is 5.75 Å². The van der Waals surface area contributed by atoms with E-state index in [2.05, 4.69) is 0 Å². The standard InChI is InChI=1S/C16H13ClF2O2/c1-21-16-6-5-10(8-15(16)19)7-11(20)9-12-13(17)3-2-4-14(12)18/h2-6,8H,7,9H2,1H3. The molecule has 2 nitrogen and oxygen atoms in total. The number of rotatable bonds is 5. The first-order valence-corrected chi connectivity index (χ1v) is 6.66. The maximum Gasteiger partial charge on any atom is 0.165 e. The van der Waals surface area contributed by atoms with Gasteiger partial charge in [0, 0.05) is 23.4 Å². The average molecular weight is 311 g/mol. The van der Waals surface area contributed by atoms with Gasteiger partial charge in [0.15, 0.2) is 11.6 Å². The molecule has 0 aromatic heterocycles. The molecule has 0 saturated heterocycles. The van der Waals surface area contributed by atoms with Crippen molar-refractivity contribution in [2.45, 2.75) is 12.8 Å². The van der Waals surface area contributed by atoms with Gasteiger partial charge in [0.2, 0.25) is 0 Å². The fraction of sp³-hybridized carbons (Fsp3) is 0.188. The molecule has 0 amide bonds. The highest BCUT2D eigenvalue weighted by Gasteiger charge is 2.13. The van der Waals surface area contributed by atoms with Crippen molar-refractivity contribution < 1.29 is 18.3 Å². The smallest absolute Gasteiger partial charge is 0.165 e.